The van der Waals surface area contributed by atoms with E-state index >= 15 is 0 Å². The van der Waals surface area contributed by atoms with Crippen LogP contribution in [0.5, 0.6) is 23.0 Å². The van der Waals surface area contributed by atoms with Crippen LogP contribution in [0.3, 0.4) is 0 Å². The second-order valence-corrected chi connectivity index (χ2v) is 10.9. The summed E-state index contributed by atoms with van der Waals surface area (Å²) in [5, 5.41) is 2.08. The standard InChI is InChI=1S/C32H31F3N3O4.ClH/c1-39-30-14-21(17-36-9-11-37(12-10-36)23-5-3-22(4-6-23)32(33,34)35)24-15-27-25-16-29-28(41-19-42-29)13-20(25)7-8-38(27)18-26(24)31(30)40-2;/h3-6,13-16,18H,7-12,17,19H2,1-2H3;1H/q+1;/p-1. The lowest BCUT2D eigenvalue weighted by Gasteiger charge is -2.36. The van der Waals surface area contributed by atoms with Crippen LogP contribution in [0.1, 0.15) is 16.7 Å². The Labute approximate surface area is 253 Å². The van der Waals surface area contributed by atoms with E-state index in [4.69, 9.17) is 18.9 Å². The Bertz CT molecular complexity index is 1670. The molecule has 7 rings (SSSR count). The Morgan fingerprint density at radius 2 is 1.60 bits per heavy atom. The van der Waals surface area contributed by atoms with E-state index in [1.54, 1.807) is 26.4 Å². The van der Waals surface area contributed by atoms with E-state index in [0.29, 0.717) is 18.0 Å². The monoisotopic (exact) mass is 613 g/mol. The van der Waals surface area contributed by atoms with Crippen molar-refractivity contribution < 1.29 is 49.1 Å². The molecule has 0 amide bonds. The van der Waals surface area contributed by atoms with Gasteiger partial charge in [-0.1, -0.05) is 0 Å². The van der Waals surface area contributed by atoms with E-state index in [-0.39, 0.29) is 19.2 Å². The summed E-state index contributed by atoms with van der Waals surface area (Å²) >= 11 is 0. The van der Waals surface area contributed by atoms with E-state index < -0.39 is 11.7 Å². The second kappa shape index (κ2) is 11.3. The van der Waals surface area contributed by atoms with Crippen molar-refractivity contribution in [2.45, 2.75) is 25.7 Å². The summed E-state index contributed by atoms with van der Waals surface area (Å²) in [5.74, 6) is 2.95. The summed E-state index contributed by atoms with van der Waals surface area (Å²) < 4.78 is 64.2. The number of aromatic nitrogens is 1. The van der Waals surface area contributed by atoms with Gasteiger partial charge in [0.1, 0.15) is 0 Å². The highest BCUT2D eigenvalue weighted by Gasteiger charge is 2.31. The first-order valence-electron chi connectivity index (χ1n) is 14.0. The number of piperazine rings is 1. The number of ether oxygens (including phenoxy) is 4. The van der Waals surface area contributed by atoms with Crippen LogP contribution in [0.15, 0.2) is 54.7 Å². The minimum atomic E-state index is -4.33. The molecular weight excluding hydrogens is 583 g/mol. The number of aryl methyl sites for hydroxylation is 2. The fraction of sp³-hybridized carbons (Fsp3) is 0.344. The Hall–Kier alpha value is -3.89. The number of fused-ring (bicyclic) bond motifs is 5. The summed E-state index contributed by atoms with van der Waals surface area (Å²) in [5.41, 5.74) is 4.80. The number of methoxy groups -OCH3 is 2. The summed E-state index contributed by atoms with van der Waals surface area (Å²) in [6.45, 7) is 4.79. The molecule has 43 heavy (non-hydrogen) atoms. The van der Waals surface area contributed by atoms with Crippen LogP contribution >= 0.6 is 0 Å². The van der Waals surface area contributed by atoms with Gasteiger partial charge >= 0.3 is 6.18 Å². The molecule has 4 aromatic rings. The van der Waals surface area contributed by atoms with Gasteiger partial charge in [0, 0.05) is 56.3 Å². The average Bonchev–Trinajstić information content (AvgIpc) is 3.46. The van der Waals surface area contributed by atoms with Crippen molar-refractivity contribution in [3.05, 3.63) is 71.4 Å². The minimum Gasteiger partial charge on any atom is -1.00 e. The van der Waals surface area contributed by atoms with Gasteiger partial charge in [-0.25, -0.2) is 0 Å². The Kier molecular flexibility index (Phi) is 7.68. The molecule has 0 bridgehead atoms. The van der Waals surface area contributed by atoms with Crippen molar-refractivity contribution in [3.8, 4) is 34.3 Å². The molecule has 0 N–H and O–H groups in total. The number of anilines is 1. The van der Waals surface area contributed by atoms with Gasteiger partial charge in [-0.2, -0.15) is 17.7 Å². The van der Waals surface area contributed by atoms with Crippen LogP contribution < -0.4 is 40.8 Å². The average molecular weight is 614 g/mol. The van der Waals surface area contributed by atoms with Crippen molar-refractivity contribution in [3.63, 3.8) is 0 Å². The van der Waals surface area contributed by atoms with E-state index in [2.05, 4.69) is 44.8 Å². The fourth-order valence-electron chi connectivity index (χ4n) is 6.32. The lowest BCUT2D eigenvalue weighted by Crippen LogP contribution is -3.00. The maximum atomic E-state index is 13.0. The molecule has 0 aliphatic carbocycles. The highest BCUT2D eigenvalue weighted by atomic mass is 35.5. The van der Waals surface area contributed by atoms with Crippen molar-refractivity contribution in [2.75, 3.05) is 52.1 Å². The quantitative estimate of drug-likeness (QED) is 0.323. The molecule has 0 unspecified atom stereocenters. The van der Waals surface area contributed by atoms with Gasteiger partial charge < -0.3 is 36.3 Å². The largest absolute Gasteiger partial charge is 1.00 e. The zero-order chi connectivity index (χ0) is 29.0. The Morgan fingerprint density at radius 1 is 0.884 bits per heavy atom. The van der Waals surface area contributed by atoms with E-state index in [9.17, 15) is 13.2 Å². The molecule has 1 fully saturated rings. The summed E-state index contributed by atoms with van der Waals surface area (Å²) in [6, 6.07) is 13.9. The molecule has 0 spiro atoms. The SMILES string of the molecule is COc1cc(CN2CCN(c3ccc(C(F)(F)F)cc3)CC2)c2cc3[n+](cc2c1OC)CCc1cc2c(cc1-3)OCO2.[Cl-]. The van der Waals surface area contributed by atoms with Crippen LogP contribution in [-0.2, 0) is 25.7 Å². The van der Waals surface area contributed by atoms with Crippen molar-refractivity contribution >= 4 is 16.5 Å². The molecule has 3 aromatic carbocycles. The summed E-state index contributed by atoms with van der Waals surface area (Å²) in [7, 11) is 3.32. The number of nitrogens with zero attached hydrogens (tertiary/aromatic N) is 3. The van der Waals surface area contributed by atoms with E-state index in [1.165, 1.54) is 5.56 Å². The number of benzene rings is 3. The molecule has 0 radical (unpaired) electrons. The number of alkyl halides is 3. The highest BCUT2D eigenvalue weighted by Crippen LogP contribution is 2.43. The molecule has 7 nitrogen and oxygen atoms in total. The van der Waals surface area contributed by atoms with Crippen molar-refractivity contribution in [1.82, 2.24) is 4.90 Å². The third kappa shape index (κ3) is 5.27. The van der Waals surface area contributed by atoms with Gasteiger partial charge in [-0.15, -0.1) is 0 Å². The van der Waals surface area contributed by atoms with Crippen LogP contribution in [0.25, 0.3) is 22.0 Å². The smallest absolute Gasteiger partial charge is 0.416 e. The maximum absolute atomic E-state index is 13.0. The molecule has 4 heterocycles. The normalized spacial score (nSPS) is 16.0. The van der Waals surface area contributed by atoms with Gasteiger partial charge in [0.25, 0.3) is 0 Å². The number of rotatable bonds is 5. The molecule has 1 saturated heterocycles. The van der Waals surface area contributed by atoms with Crippen LogP contribution in [-0.4, -0.2) is 52.1 Å². The van der Waals surface area contributed by atoms with Crippen molar-refractivity contribution in [2.24, 2.45) is 0 Å². The molecule has 3 aliphatic heterocycles. The predicted molar refractivity (Wildman–Crippen MR) is 151 cm³/mol. The number of halogens is 4. The minimum absolute atomic E-state index is 0. The number of pyridine rings is 1. The first kappa shape index (κ1) is 29.2. The van der Waals surface area contributed by atoms with Crippen LogP contribution in [0.2, 0.25) is 0 Å². The Morgan fingerprint density at radius 3 is 2.28 bits per heavy atom. The highest BCUT2D eigenvalue weighted by molar-refractivity contribution is 5.94. The van der Waals surface area contributed by atoms with Gasteiger partial charge in [0.05, 0.1) is 30.7 Å². The molecule has 3 aliphatic rings. The molecular formula is C32H31ClF3N3O4. The third-order valence-electron chi connectivity index (χ3n) is 8.53. The van der Waals surface area contributed by atoms with Gasteiger partial charge in [0.2, 0.25) is 12.5 Å². The first-order chi connectivity index (χ1) is 20.3. The van der Waals surface area contributed by atoms with Crippen LogP contribution in [0.4, 0.5) is 18.9 Å². The van der Waals surface area contributed by atoms with Gasteiger partial charge in [0.15, 0.2) is 35.7 Å². The lowest BCUT2D eigenvalue weighted by molar-refractivity contribution is -0.686. The first-order valence-corrected chi connectivity index (χ1v) is 14.0. The topological polar surface area (TPSA) is 47.3 Å². The number of hydrogen-bond donors (Lipinski definition) is 0. The summed E-state index contributed by atoms with van der Waals surface area (Å²) in [6.07, 6.45) is -1.29. The van der Waals surface area contributed by atoms with Crippen LogP contribution in [0, 0.1) is 0 Å². The van der Waals surface area contributed by atoms with E-state index in [1.807, 2.05) is 0 Å². The predicted octanol–water partition coefficient (Wildman–Crippen LogP) is 2.44. The maximum Gasteiger partial charge on any atom is 0.416 e. The molecule has 11 heteroatoms. The molecule has 226 valence electrons. The third-order valence-corrected chi connectivity index (χ3v) is 8.53. The summed E-state index contributed by atoms with van der Waals surface area (Å²) in [4.78, 5) is 4.51. The van der Waals surface area contributed by atoms with E-state index in [0.717, 1.165) is 96.1 Å². The zero-order valence-electron chi connectivity index (χ0n) is 23.8. The molecule has 0 atom stereocenters. The zero-order valence-corrected chi connectivity index (χ0v) is 24.6. The number of hydrogen-bond acceptors (Lipinski definition) is 6. The molecule has 0 saturated carbocycles. The van der Waals surface area contributed by atoms with Gasteiger partial charge in [-0.3, -0.25) is 4.90 Å². The van der Waals surface area contributed by atoms with Crippen molar-refractivity contribution in [1.29, 1.82) is 0 Å². The second-order valence-electron chi connectivity index (χ2n) is 10.9. The fourth-order valence-corrected chi connectivity index (χ4v) is 6.32. The lowest BCUT2D eigenvalue weighted by atomic mass is 9.93. The molecule has 1 aromatic heterocycles. The Balaban J connectivity index is 0.00000329. The van der Waals surface area contributed by atoms with Gasteiger partial charge in [-0.05, 0) is 53.6 Å².